The fourth-order valence-corrected chi connectivity index (χ4v) is 2.74. The van der Waals surface area contributed by atoms with Crippen LogP contribution in [0.4, 0.5) is 0 Å². The first-order chi connectivity index (χ1) is 12.7. The highest BCUT2D eigenvalue weighted by Gasteiger charge is 2.30. The van der Waals surface area contributed by atoms with Crippen LogP contribution in [0, 0.1) is 0 Å². The molecule has 0 fully saturated rings. The molecule has 1 atom stereocenters. The van der Waals surface area contributed by atoms with Crippen LogP contribution in [0.5, 0.6) is 0 Å². The van der Waals surface area contributed by atoms with Gasteiger partial charge in [-0.25, -0.2) is 0 Å². The van der Waals surface area contributed by atoms with E-state index in [9.17, 15) is 4.79 Å². The molecule has 0 saturated carbocycles. The van der Waals surface area contributed by atoms with Crippen LogP contribution >= 0.6 is 0 Å². The van der Waals surface area contributed by atoms with Crippen LogP contribution in [0.1, 0.15) is 28.0 Å². The zero-order valence-corrected chi connectivity index (χ0v) is 14.3. The van der Waals surface area contributed by atoms with Gasteiger partial charge in [-0.3, -0.25) is 9.53 Å². The van der Waals surface area contributed by atoms with Gasteiger partial charge in [0.15, 0.2) is 24.4 Å². The van der Waals surface area contributed by atoms with E-state index in [4.69, 9.17) is 9.94 Å². The maximum absolute atomic E-state index is 12.7. The van der Waals surface area contributed by atoms with Crippen LogP contribution < -0.4 is 9.13 Å². The van der Waals surface area contributed by atoms with Crippen LogP contribution in [0.2, 0.25) is 0 Å². The van der Waals surface area contributed by atoms with Crippen molar-refractivity contribution in [3.63, 3.8) is 0 Å². The molecule has 6 nitrogen and oxygen atoms in total. The average molecular weight is 349 g/mol. The van der Waals surface area contributed by atoms with Crippen molar-refractivity contribution in [1.29, 1.82) is 0 Å². The molecule has 26 heavy (non-hydrogen) atoms. The lowest BCUT2D eigenvalue weighted by atomic mass is 10.1. The second kappa shape index (κ2) is 8.13. The molecule has 2 aromatic heterocycles. The second-order valence-electron chi connectivity index (χ2n) is 5.57. The normalized spacial score (nSPS) is 12.2. The quantitative estimate of drug-likeness (QED) is 0.243. The molecule has 3 rings (SSSR count). The van der Waals surface area contributed by atoms with Gasteiger partial charge in [0, 0.05) is 30.9 Å². The van der Waals surface area contributed by atoms with Crippen LogP contribution in [-0.2, 0) is 4.74 Å². The largest absolute Gasteiger partial charge is 0.474 e. The van der Waals surface area contributed by atoms with E-state index in [-0.39, 0.29) is 5.78 Å². The molecule has 0 aliphatic rings. The Morgan fingerprint density at radius 2 is 1.77 bits per heavy atom. The van der Waals surface area contributed by atoms with Gasteiger partial charge >= 0.3 is 6.35 Å². The number of aromatic nitrogens is 2. The number of rotatable bonds is 6. The van der Waals surface area contributed by atoms with Gasteiger partial charge in [0.25, 0.3) is 0 Å². The van der Waals surface area contributed by atoms with Crippen LogP contribution in [0.25, 0.3) is 0 Å². The van der Waals surface area contributed by atoms with Crippen molar-refractivity contribution in [2.75, 3.05) is 7.11 Å². The number of carbonyl (C=O) groups is 1. The maximum atomic E-state index is 12.7. The Bertz CT molecular complexity index is 926. The van der Waals surface area contributed by atoms with E-state index in [1.807, 2.05) is 42.7 Å². The fourth-order valence-electron chi connectivity index (χ4n) is 2.74. The molecule has 1 N–H and O–H groups in total. The van der Waals surface area contributed by atoms with Gasteiger partial charge in [-0.05, 0) is 12.1 Å². The molecule has 2 heterocycles. The van der Waals surface area contributed by atoms with Gasteiger partial charge in [0.05, 0.1) is 5.56 Å². The minimum atomic E-state index is -0.548. The molecule has 3 aromatic rings. The molecular formula is C20H19N3O3+2. The number of oxime groups is 1. The molecule has 0 radical (unpaired) electrons. The lowest BCUT2D eigenvalue weighted by Crippen LogP contribution is -2.59. The second-order valence-corrected chi connectivity index (χ2v) is 5.57. The predicted molar refractivity (Wildman–Crippen MR) is 94.0 cm³/mol. The maximum Gasteiger partial charge on any atom is 0.474 e. The topological polar surface area (TPSA) is 66.7 Å². The highest BCUT2D eigenvalue weighted by Crippen LogP contribution is 2.08. The Hall–Kier alpha value is -3.38. The summed E-state index contributed by atoms with van der Waals surface area (Å²) in [5, 5.41) is 12.0. The van der Waals surface area contributed by atoms with Gasteiger partial charge < -0.3 is 5.21 Å². The summed E-state index contributed by atoms with van der Waals surface area (Å²) < 4.78 is 9.19. The summed E-state index contributed by atoms with van der Waals surface area (Å²) in [7, 11) is 1.57. The third kappa shape index (κ3) is 3.65. The number of ether oxygens (including phenoxy) is 1. The van der Waals surface area contributed by atoms with Crippen molar-refractivity contribution in [3.8, 4) is 0 Å². The van der Waals surface area contributed by atoms with Crippen LogP contribution in [0.15, 0.2) is 84.4 Å². The first-order valence-electron chi connectivity index (χ1n) is 8.05. The molecule has 6 heteroatoms. The van der Waals surface area contributed by atoms with E-state index in [0.717, 1.165) is 0 Å². The molecule has 130 valence electrons. The van der Waals surface area contributed by atoms with Gasteiger partial charge in [-0.1, -0.05) is 35.5 Å². The van der Waals surface area contributed by atoms with Gasteiger partial charge in [-0.15, -0.1) is 9.13 Å². The predicted octanol–water partition coefficient (Wildman–Crippen LogP) is 1.95. The number of methoxy groups -OCH3 is 1. The van der Waals surface area contributed by atoms with E-state index in [1.165, 1.54) is 6.21 Å². The number of nitrogens with zero attached hydrogens (tertiary/aromatic N) is 3. The van der Waals surface area contributed by atoms with E-state index < -0.39 is 6.35 Å². The van der Waals surface area contributed by atoms with Gasteiger partial charge in [-0.2, -0.15) is 0 Å². The summed E-state index contributed by atoms with van der Waals surface area (Å²) in [6, 6.07) is 18.2. The van der Waals surface area contributed by atoms with Crippen LogP contribution in [0.3, 0.4) is 0 Å². The van der Waals surface area contributed by atoms with E-state index in [0.29, 0.717) is 16.8 Å². The average Bonchev–Trinajstić information content (AvgIpc) is 2.70. The number of ketones is 1. The van der Waals surface area contributed by atoms with Crippen molar-refractivity contribution in [2.24, 2.45) is 5.16 Å². The fraction of sp³-hybridized carbons (Fsp3) is 0.100. The molecular weight excluding hydrogens is 330 g/mol. The monoisotopic (exact) mass is 349 g/mol. The molecule has 0 aliphatic heterocycles. The number of pyridine rings is 2. The van der Waals surface area contributed by atoms with Gasteiger partial charge in [0.2, 0.25) is 5.69 Å². The molecule has 1 unspecified atom stereocenters. The Kier molecular flexibility index (Phi) is 5.46. The zero-order chi connectivity index (χ0) is 18.4. The Morgan fingerprint density at radius 1 is 1.04 bits per heavy atom. The molecule has 0 aliphatic carbocycles. The Morgan fingerprint density at radius 3 is 2.50 bits per heavy atom. The van der Waals surface area contributed by atoms with Crippen molar-refractivity contribution in [1.82, 2.24) is 0 Å². The zero-order valence-electron chi connectivity index (χ0n) is 14.3. The first kappa shape index (κ1) is 17.4. The van der Waals surface area contributed by atoms with E-state index in [1.54, 1.807) is 52.8 Å². The summed E-state index contributed by atoms with van der Waals surface area (Å²) in [5.41, 5.74) is 1.82. The highest BCUT2D eigenvalue weighted by molar-refractivity contribution is 6.08. The third-order valence-corrected chi connectivity index (χ3v) is 3.94. The molecule has 0 bridgehead atoms. The number of hydrogen-bond acceptors (Lipinski definition) is 4. The summed E-state index contributed by atoms with van der Waals surface area (Å²) >= 11 is 0. The van der Waals surface area contributed by atoms with Crippen molar-refractivity contribution in [2.45, 2.75) is 6.35 Å². The molecule has 1 aromatic carbocycles. The smallest absolute Gasteiger partial charge is 0.411 e. The number of hydrogen-bond donors (Lipinski definition) is 1. The van der Waals surface area contributed by atoms with E-state index >= 15 is 0 Å². The number of carbonyl (C=O) groups excluding carboxylic acids is 1. The lowest BCUT2D eigenvalue weighted by molar-refractivity contribution is -0.983. The van der Waals surface area contributed by atoms with Crippen molar-refractivity contribution >= 4 is 12.0 Å². The van der Waals surface area contributed by atoms with Crippen molar-refractivity contribution < 1.29 is 23.9 Å². The summed E-state index contributed by atoms with van der Waals surface area (Å²) in [6.45, 7) is 0. The number of benzene rings is 1. The van der Waals surface area contributed by atoms with E-state index in [2.05, 4.69) is 5.16 Å². The Balaban J connectivity index is 2.00. The first-order valence-corrected chi connectivity index (χ1v) is 8.05. The minimum Gasteiger partial charge on any atom is -0.411 e. The summed E-state index contributed by atoms with van der Waals surface area (Å²) in [5.74, 6) is -0.0648. The van der Waals surface area contributed by atoms with Crippen LogP contribution in [-0.4, -0.2) is 24.3 Å². The van der Waals surface area contributed by atoms with Crippen molar-refractivity contribution in [3.05, 3.63) is 96.1 Å². The lowest BCUT2D eigenvalue weighted by Gasteiger charge is -2.08. The minimum absolute atomic E-state index is 0.0648. The molecule has 0 spiro atoms. The SMILES string of the molecule is COC([n+]1cccc(C(=O)c2ccccc2)c1)[n+]1ccccc1/C=N\O. The highest BCUT2D eigenvalue weighted by atomic mass is 16.5. The Labute approximate surface area is 151 Å². The standard InChI is InChI=1S/C20H18N3O3/c1-26-20(23-13-6-5-11-18(23)14-21-25)22-12-7-10-17(15-22)19(24)16-8-3-2-4-9-16/h2-15,20H,1H3/q+1/p+1. The van der Waals surface area contributed by atoms with Gasteiger partial charge in [0.1, 0.15) is 6.21 Å². The molecule has 0 saturated heterocycles. The molecule has 0 amide bonds. The summed E-state index contributed by atoms with van der Waals surface area (Å²) in [6.07, 6.45) is 6.14. The summed E-state index contributed by atoms with van der Waals surface area (Å²) in [4.78, 5) is 12.7. The third-order valence-electron chi connectivity index (χ3n) is 3.94.